The van der Waals surface area contributed by atoms with Gasteiger partial charge in [-0.25, -0.2) is 0 Å². The first kappa shape index (κ1) is 17.1. The van der Waals surface area contributed by atoms with E-state index in [0.717, 1.165) is 0 Å². The third kappa shape index (κ3) is 4.51. The number of nitro benzene ring substituents is 1. The Morgan fingerprint density at radius 2 is 1.86 bits per heavy atom. The standard InChI is InChI=1S/C14H20N2O5/c1-14(2,3)13(19)15-11(8-17)12(18)9-4-6-10(7-5-9)16(20)21/h4-7,11-12,17-18H,8H2,1-3H3,(H,15,19). The zero-order chi connectivity index (χ0) is 16.2. The zero-order valence-corrected chi connectivity index (χ0v) is 12.2. The van der Waals surface area contributed by atoms with Gasteiger partial charge in [0.15, 0.2) is 0 Å². The number of benzene rings is 1. The molecule has 0 aliphatic heterocycles. The number of carbonyl (C=O) groups is 1. The number of nitro groups is 1. The highest BCUT2D eigenvalue weighted by Gasteiger charge is 2.28. The monoisotopic (exact) mass is 296 g/mol. The number of hydrogen-bond acceptors (Lipinski definition) is 5. The van der Waals surface area contributed by atoms with E-state index < -0.39 is 29.1 Å². The molecule has 0 bridgehead atoms. The predicted molar refractivity (Wildman–Crippen MR) is 76.5 cm³/mol. The lowest BCUT2D eigenvalue weighted by atomic mass is 9.94. The molecule has 0 heterocycles. The Balaban J connectivity index is 2.85. The molecule has 1 aromatic rings. The lowest BCUT2D eigenvalue weighted by molar-refractivity contribution is -0.384. The second-order valence-electron chi connectivity index (χ2n) is 5.81. The van der Waals surface area contributed by atoms with E-state index in [1.54, 1.807) is 20.8 Å². The summed E-state index contributed by atoms with van der Waals surface area (Å²) in [5, 5.41) is 32.7. The van der Waals surface area contributed by atoms with Gasteiger partial charge in [0.1, 0.15) is 6.10 Å². The van der Waals surface area contributed by atoms with Crippen molar-refractivity contribution in [1.29, 1.82) is 0 Å². The van der Waals surface area contributed by atoms with Crippen LogP contribution in [0.1, 0.15) is 32.4 Å². The first-order valence-electron chi connectivity index (χ1n) is 6.51. The van der Waals surface area contributed by atoms with Crippen LogP contribution in [0, 0.1) is 15.5 Å². The molecule has 0 saturated heterocycles. The summed E-state index contributed by atoms with van der Waals surface area (Å²) in [6.07, 6.45) is -1.15. The molecule has 0 aliphatic rings. The fraction of sp³-hybridized carbons (Fsp3) is 0.500. The van der Waals surface area contributed by atoms with Crippen LogP contribution in [0.4, 0.5) is 5.69 Å². The molecule has 1 aromatic carbocycles. The van der Waals surface area contributed by atoms with Crippen molar-refractivity contribution in [3.05, 3.63) is 39.9 Å². The van der Waals surface area contributed by atoms with Crippen LogP contribution < -0.4 is 5.32 Å². The van der Waals surface area contributed by atoms with Crippen LogP contribution in [-0.4, -0.2) is 33.7 Å². The van der Waals surface area contributed by atoms with Crippen LogP contribution in [0.5, 0.6) is 0 Å². The topological polar surface area (TPSA) is 113 Å². The van der Waals surface area contributed by atoms with Gasteiger partial charge in [0, 0.05) is 17.5 Å². The second kappa shape index (κ2) is 6.64. The fourth-order valence-corrected chi connectivity index (χ4v) is 1.63. The summed E-state index contributed by atoms with van der Waals surface area (Å²) in [6.45, 7) is 4.71. The van der Waals surface area contributed by atoms with Crippen molar-refractivity contribution in [2.45, 2.75) is 32.9 Å². The van der Waals surface area contributed by atoms with Gasteiger partial charge in [0.05, 0.1) is 17.6 Å². The molecule has 21 heavy (non-hydrogen) atoms. The Morgan fingerprint density at radius 3 is 2.24 bits per heavy atom. The number of amides is 1. The number of nitrogens with zero attached hydrogens (tertiary/aromatic N) is 1. The van der Waals surface area contributed by atoms with Gasteiger partial charge in [-0.2, -0.15) is 0 Å². The molecule has 2 unspecified atom stereocenters. The summed E-state index contributed by atoms with van der Waals surface area (Å²) in [6, 6.07) is 4.44. The molecule has 3 N–H and O–H groups in total. The molecule has 2 atom stereocenters. The van der Waals surface area contributed by atoms with Crippen molar-refractivity contribution in [2.24, 2.45) is 5.41 Å². The molecule has 0 aliphatic carbocycles. The van der Waals surface area contributed by atoms with E-state index in [1.807, 2.05) is 0 Å². The zero-order valence-electron chi connectivity index (χ0n) is 12.2. The Hall–Kier alpha value is -1.99. The van der Waals surface area contributed by atoms with Crippen molar-refractivity contribution in [2.75, 3.05) is 6.61 Å². The minimum atomic E-state index is -1.15. The van der Waals surface area contributed by atoms with Crippen molar-refractivity contribution < 1.29 is 19.9 Å². The van der Waals surface area contributed by atoms with E-state index in [2.05, 4.69) is 5.32 Å². The molecule has 7 nitrogen and oxygen atoms in total. The molecule has 0 spiro atoms. The van der Waals surface area contributed by atoms with Gasteiger partial charge in [-0.1, -0.05) is 20.8 Å². The molecular weight excluding hydrogens is 276 g/mol. The quantitative estimate of drug-likeness (QED) is 0.557. The van der Waals surface area contributed by atoms with Crippen molar-refractivity contribution in [1.82, 2.24) is 5.32 Å². The first-order valence-corrected chi connectivity index (χ1v) is 6.51. The first-order chi connectivity index (χ1) is 9.66. The summed E-state index contributed by atoms with van der Waals surface area (Å²) in [5.41, 5.74) is -0.359. The Labute approximate surface area is 122 Å². The highest BCUT2D eigenvalue weighted by molar-refractivity contribution is 5.81. The largest absolute Gasteiger partial charge is 0.394 e. The van der Waals surface area contributed by atoms with Crippen LogP contribution in [0.2, 0.25) is 0 Å². The number of aliphatic hydroxyl groups excluding tert-OH is 2. The number of non-ortho nitro benzene ring substituents is 1. The molecular formula is C14H20N2O5. The lowest BCUT2D eigenvalue weighted by Crippen LogP contribution is -2.46. The third-order valence-electron chi connectivity index (χ3n) is 3.02. The number of carbonyl (C=O) groups excluding carboxylic acids is 1. The number of nitrogens with one attached hydrogen (secondary N) is 1. The Kier molecular flexibility index (Phi) is 5.40. The van der Waals surface area contributed by atoms with E-state index in [4.69, 9.17) is 0 Å². The van der Waals surface area contributed by atoms with Gasteiger partial charge < -0.3 is 15.5 Å². The number of aliphatic hydroxyl groups is 2. The molecule has 0 fully saturated rings. The second-order valence-corrected chi connectivity index (χ2v) is 5.81. The molecule has 0 saturated carbocycles. The maximum Gasteiger partial charge on any atom is 0.269 e. The van der Waals surface area contributed by atoms with Crippen molar-refractivity contribution >= 4 is 11.6 Å². The van der Waals surface area contributed by atoms with Crippen LogP contribution in [0.25, 0.3) is 0 Å². The van der Waals surface area contributed by atoms with Crippen LogP contribution in [-0.2, 0) is 4.79 Å². The summed E-state index contributed by atoms with van der Waals surface area (Å²) in [7, 11) is 0. The van der Waals surface area contributed by atoms with Gasteiger partial charge in [-0.15, -0.1) is 0 Å². The van der Waals surface area contributed by atoms with E-state index in [-0.39, 0.29) is 11.6 Å². The summed E-state index contributed by atoms with van der Waals surface area (Å²) in [5.74, 6) is -0.303. The number of hydrogen-bond donors (Lipinski definition) is 3. The third-order valence-corrected chi connectivity index (χ3v) is 3.02. The average Bonchev–Trinajstić information content (AvgIpc) is 2.42. The van der Waals surface area contributed by atoms with Gasteiger partial charge in [-0.3, -0.25) is 14.9 Å². The molecule has 0 aromatic heterocycles. The minimum absolute atomic E-state index is 0.0924. The van der Waals surface area contributed by atoms with Gasteiger partial charge in [0.25, 0.3) is 5.69 Å². The van der Waals surface area contributed by atoms with Gasteiger partial charge in [0.2, 0.25) is 5.91 Å². The van der Waals surface area contributed by atoms with E-state index in [1.165, 1.54) is 24.3 Å². The highest BCUT2D eigenvalue weighted by atomic mass is 16.6. The van der Waals surface area contributed by atoms with Crippen molar-refractivity contribution in [3.8, 4) is 0 Å². The highest BCUT2D eigenvalue weighted by Crippen LogP contribution is 2.21. The van der Waals surface area contributed by atoms with E-state index in [9.17, 15) is 25.1 Å². The smallest absolute Gasteiger partial charge is 0.269 e. The molecule has 1 rings (SSSR count). The van der Waals surface area contributed by atoms with Gasteiger partial charge >= 0.3 is 0 Å². The predicted octanol–water partition coefficient (Wildman–Crippen LogP) is 1.15. The SMILES string of the molecule is CC(C)(C)C(=O)NC(CO)C(O)c1ccc([N+](=O)[O-])cc1. The van der Waals surface area contributed by atoms with Crippen LogP contribution in [0.3, 0.4) is 0 Å². The van der Waals surface area contributed by atoms with Crippen LogP contribution >= 0.6 is 0 Å². The van der Waals surface area contributed by atoms with Crippen molar-refractivity contribution in [3.63, 3.8) is 0 Å². The molecule has 116 valence electrons. The fourth-order valence-electron chi connectivity index (χ4n) is 1.63. The molecule has 1 amide bonds. The lowest BCUT2D eigenvalue weighted by Gasteiger charge is -2.26. The minimum Gasteiger partial charge on any atom is -0.394 e. The normalized spacial score (nSPS) is 14.3. The summed E-state index contributed by atoms with van der Waals surface area (Å²) < 4.78 is 0. The van der Waals surface area contributed by atoms with E-state index in [0.29, 0.717) is 5.56 Å². The molecule has 0 radical (unpaired) electrons. The maximum atomic E-state index is 11.9. The van der Waals surface area contributed by atoms with Gasteiger partial charge in [-0.05, 0) is 17.7 Å². The summed E-state index contributed by atoms with van der Waals surface area (Å²) >= 11 is 0. The molecule has 7 heteroatoms. The van der Waals surface area contributed by atoms with Crippen LogP contribution in [0.15, 0.2) is 24.3 Å². The average molecular weight is 296 g/mol. The maximum absolute atomic E-state index is 11.9. The Morgan fingerprint density at radius 1 is 1.33 bits per heavy atom. The van der Waals surface area contributed by atoms with E-state index >= 15 is 0 Å². The number of rotatable bonds is 5. The Bertz CT molecular complexity index is 507. The summed E-state index contributed by atoms with van der Waals surface area (Å²) in [4.78, 5) is 21.9.